The van der Waals surface area contributed by atoms with E-state index < -0.39 is 11.8 Å². The summed E-state index contributed by atoms with van der Waals surface area (Å²) in [6.45, 7) is 0. The number of benzene rings is 1. The summed E-state index contributed by atoms with van der Waals surface area (Å²) >= 11 is 5.61. The quantitative estimate of drug-likeness (QED) is 0.746. The zero-order valence-corrected chi connectivity index (χ0v) is 7.25. The van der Waals surface area contributed by atoms with E-state index in [0.29, 0.717) is 10.6 Å². The van der Waals surface area contributed by atoms with Crippen LogP contribution in [0.2, 0.25) is 5.02 Å². The normalized spacial score (nSPS) is 11.4. The van der Waals surface area contributed by atoms with E-state index >= 15 is 0 Å². The second-order valence-electron chi connectivity index (χ2n) is 2.35. The van der Waals surface area contributed by atoms with Crippen LogP contribution < -0.4 is 0 Å². The van der Waals surface area contributed by atoms with E-state index in [-0.39, 0.29) is 0 Å². The van der Waals surface area contributed by atoms with Gasteiger partial charge in [-0.15, -0.1) is 0 Å². The van der Waals surface area contributed by atoms with E-state index in [2.05, 4.69) is 0 Å². The van der Waals surface area contributed by atoms with Gasteiger partial charge in [-0.2, -0.15) is 4.39 Å². The first-order valence-corrected chi connectivity index (χ1v) is 3.83. The lowest BCUT2D eigenvalue weighted by atomic mass is 10.2. The fourth-order valence-corrected chi connectivity index (χ4v) is 1.00. The van der Waals surface area contributed by atoms with Gasteiger partial charge >= 0.3 is 5.97 Å². The van der Waals surface area contributed by atoms with Gasteiger partial charge in [-0.3, -0.25) is 0 Å². The van der Waals surface area contributed by atoms with Crippen molar-refractivity contribution in [1.82, 2.24) is 0 Å². The van der Waals surface area contributed by atoms with Gasteiger partial charge in [0, 0.05) is 5.02 Å². The predicted molar refractivity (Wildman–Crippen MR) is 48.2 cm³/mol. The molecule has 0 radical (unpaired) electrons. The van der Waals surface area contributed by atoms with E-state index in [1.807, 2.05) is 0 Å². The van der Waals surface area contributed by atoms with E-state index in [9.17, 15) is 9.18 Å². The van der Waals surface area contributed by atoms with Gasteiger partial charge in [0.05, 0.1) is 0 Å². The van der Waals surface area contributed by atoms with Gasteiger partial charge in [-0.05, 0) is 23.8 Å². The van der Waals surface area contributed by atoms with Gasteiger partial charge in [0.25, 0.3) is 0 Å². The lowest BCUT2D eigenvalue weighted by molar-refractivity contribution is -0.134. The Bertz CT molecular complexity index is 360. The highest BCUT2D eigenvalue weighted by Gasteiger charge is 2.04. The van der Waals surface area contributed by atoms with E-state index in [1.54, 1.807) is 18.2 Å². The molecule has 0 unspecified atom stereocenters. The maximum Gasteiger partial charge on any atom is 0.364 e. The molecule has 0 bridgehead atoms. The Hall–Kier alpha value is -1.35. The average molecular weight is 201 g/mol. The Morgan fingerprint density at radius 3 is 2.77 bits per heavy atom. The Morgan fingerprint density at radius 1 is 1.54 bits per heavy atom. The molecular weight excluding hydrogens is 195 g/mol. The van der Waals surface area contributed by atoms with Crippen molar-refractivity contribution in [2.75, 3.05) is 0 Å². The van der Waals surface area contributed by atoms with Crippen molar-refractivity contribution < 1.29 is 14.3 Å². The van der Waals surface area contributed by atoms with Crippen LogP contribution in [0.1, 0.15) is 5.56 Å². The molecule has 0 fully saturated rings. The van der Waals surface area contributed by atoms with Crippen LogP contribution in [-0.2, 0) is 4.79 Å². The van der Waals surface area contributed by atoms with Crippen LogP contribution in [0.5, 0.6) is 0 Å². The third-order valence-electron chi connectivity index (χ3n) is 1.35. The number of hydrogen-bond acceptors (Lipinski definition) is 1. The molecule has 0 aliphatic carbocycles. The molecule has 0 aliphatic rings. The summed E-state index contributed by atoms with van der Waals surface area (Å²) in [6, 6.07) is 6.28. The summed E-state index contributed by atoms with van der Waals surface area (Å²) in [4.78, 5) is 10.1. The smallest absolute Gasteiger partial charge is 0.364 e. The zero-order valence-electron chi connectivity index (χ0n) is 6.50. The lowest BCUT2D eigenvalue weighted by Gasteiger charge is -1.93. The molecule has 13 heavy (non-hydrogen) atoms. The fourth-order valence-electron chi connectivity index (χ4n) is 0.804. The third kappa shape index (κ3) is 2.87. The molecule has 0 spiro atoms. The van der Waals surface area contributed by atoms with E-state index in [1.165, 1.54) is 6.07 Å². The molecule has 0 aliphatic heterocycles. The van der Waals surface area contributed by atoms with E-state index in [4.69, 9.17) is 16.7 Å². The third-order valence-corrected chi connectivity index (χ3v) is 1.58. The highest BCUT2D eigenvalue weighted by atomic mass is 35.5. The minimum Gasteiger partial charge on any atom is -0.476 e. The fraction of sp³-hybridized carbons (Fsp3) is 0. The number of hydrogen-bond donors (Lipinski definition) is 1. The van der Waals surface area contributed by atoms with Gasteiger partial charge < -0.3 is 5.11 Å². The van der Waals surface area contributed by atoms with Crippen LogP contribution in [0.3, 0.4) is 0 Å². The summed E-state index contributed by atoms with van der Waals surface area (Å²) in [5.41, 5.74) is 0.424. The Balaban J connectivity index is 2.97. The van der Waals surface area contributed by atoms with Crippen LogP contribution in [0.4, 0.5) is 4.39 Å². The molecule has 1 N–H and O–H groups in total. The number of carboxylic acids is 1. The maximum absolute atomic E-state index is 12.6. The monoisotopic (exact) mass is 200 g/mol. The van der Waals surface area contributed by atoms with Crippen molar-refractivity contribution in [1.29, 1.82) is 0 Å². The van der Waals surface area contributed by atoms with Gasteiger partial charge in [-0.1, -0.05) is 23.7 Å². The summed E-state index contributed by atoms with van der Waals surface area (Å²) in [6.07, 6.45) is 0.911. The number of rotatable bonds is 2. The van der Waals surface area contributed by atoms with Crippen molar-refractivity contribution in [2.24, 2.45) is 0 Å². The molecule has 68 valence electrons. The average Bonchev–Trinajstić information content (AvgIpc) is 2.04. The van der Waals surface area contributed by atoms with Crippen molar-refractivity contribution in [3.05, 3.63) is 40.7 Å². The highest BCUT2D eigenvalue weighted by molar-refractivity contribution is 6.30. The molecule has 0 saturated carbocycles. The first-order valence-electron chi connectivity index (χ1n) is 3.45. The summed E-state index contributed by atoms with van der Waals surface area (Å²) in [5, 5.41) is 8.67. The first-order chi connectivity index (χ1) is 6.09. The lowest BCUT2D eigenvalue weighted by Crippen LogP contribution is -1.93. The number of carbonyl (C=O) groups is 1. The predicted octanol–water partition coefficient (Wildman–Crippen LogP) is 2.74. The van der Waals surface area contributed by atoms with Crippen molar-refractivity contribution in [3.8, 4) is 0 Å². The highest BCUT2D eigenvalue weighted by Crippen LogP contribution is 2.14. The molecular formula is C9H6ClFO2. The first kappa shape index (κ1) is 9.74. The zero-order chi connectivity index (χ0) is 9.84. The number of halogens is 2. The standard InChI is InChI=1S/C9H6ClFO2/c10-7-3-1-2-6(4-7)5-8(11)9(12)13/h1-5H,(H,12,13). The van der Waals surface area contributed by atoms with Crippen LogP contribution in [-0.4, -0.2) is 11.1 Å². The molecule has 0 heterocycles. The van der Waals surface area contributed by atoms with Gasteiger partial charge in [0.2, 0.25) is 5.83 Å². The van der Waals surface area contributed by atoms with E-state index in [0.717, 1.165) is 6.08 Å². The minimum absolute atomic E-state index is 0.424. The Kier molecular flexibility index (Phi) is 3.03. The topological polar surface area (TPSA) is 37.3 Å². The Morgan fingerprint density at radius 2 is 2.23 bits per heavy atom. The molecule has 2 nitrogen and oxygen atoms in total. The van der Waals surface area contributed by atoms with Crippen LogP contribution in [0, 0.1) is 0 Å². The Labute approximate surface area is 79.3 Å². The molecule has 4 heteroatoms. The van der Waals surface area contributed by atoms with Gasteiger partial charge in [0.15, 0.2) is 0 Å². The van der Waals surface area contributed by atoms with Crippen LogP contribution >= 0.6 is 11.6 Å². The molecule has 0 atom stereocenters. The van der Waals surface area contributed by atoms with Crippen molar-refractivity contribution >= 4 is 23.6 Å². The van der Waals surface area contributed by atoms with Crippen LogP contribution in [0.25, 0.3) is 6.08 Å². The number of carboxylic acid groups (broad SMARTS) is 1. The molecule has 0 saturated heterocycles. The van der Waals surface area contributed by atoms with Gasteiger partial charge in [-0.25, -0.2) is 4.79 Å². The second kappa shape index (κ2) is 4.05. The molecule has 1 rings (SSSR count). The molecule has 1 aromatic rings. The SMILES string of the molecule is O=C(O)C(F)=Cc1cccc(Cl)c1. The van der Waals surface area contributed by atoms with Crippen molar-refractivity contribution in [3.63, 3.8) is 0 Å². The maximum atomic E-state index is 12.6. The molecule has 0 amide bonds. The summed E-state index contributed by atoms with van der Waals surface area (Å²) in [5.74, 6) is -2.79. The minimum atomic E-state index is -1.58. The van der Waals surface area contributed by atoms with Crippen molar-refractivity contribution in [2.45, 2.75) is 0 Å². The molecule has 0 aromatic heterocycles. The summed E-state index contributed by atoms with van der Waals surface area (Å²) < 4.78 is 12.6. The largest absolute Gasteiger partial charge is 0.476 e. The molecule has 1 aromatic carbocycles. The second-order valence-corrected chi connectivity index (χ2v) is 2.79. The number of aliphatic carboxylic acids is 1. The van der Waals surface area contributed by atoms with Gasteiger partial charge in [0.1, 0.15) is 0 Å². The van der Waals surface area contributed by atoms with Crippen LogP contribution in [0.15, 0.2) is 30.1 Å². The summed E-state index contributed by atoms with van der Waals surface area (Å²) in [7, 11) is 0.